The fraction of sp³-hybridized carbons (Fsp3) is 0.125. The van der Waals surface area contributed by atoms with Gasteiger partial charge in [0.05, 0.1) is 0 Å². The van der Waals surface area contributed by atoms with Gasteiger partial charge in [-0.2, -0.15) is 0 Å². The molecule has 0 bridgehead atoms. The van der Waals surface area contributed by atoms with Crippen molar-refractivity contribution in [2.45, 2.75) is 0 Å². The molecule has 2 aromatic rings. The van der Waals surface area contributed by atoms with Gasteiger partial charge in [-0.25, -0.2) is 0 Å². The van der Waals surface area contributed by atoms with E-state index in [0.29, 0.717) is 22.5 Å². The quantitative estimate of drug-likeness (QED) is 0.848. The second kappa shape index (κ2) is 6.09. The van der Waals surface area contributed by atoms with Crippen molar-refractivity contribution in [3.05, 3.63) is 59.7 Å². The van der Waals surface area contributed by atoms with E-state index in [1.807, 2.05) is 0 Å². The van der Waals surface area contributed by atoms with Gasteiger partial charge in [-0.15, -0.1) is 0 Å². The van der Waals surface area contributed by atoms with Gasteiger partial charge in [0.15, 0.2) is 0 Å². The zero-order valence-electron chi connectivity index (χ0n) is 12.0. The number of nitrogen functional groups attached to an aromatic ring is 1. The lowest BCUT2D eigenvalue weighted by Gasteiger charge is -2.11. The first-order valence-corrected chi connectivity index (χ1v) is 6.46. The summed E-state index contributed by atoms with van der Waals surface area (Å²) in [6.07, 6.45) is 0. The van der Waals surface area contributed by atoms with Gasteiger partial charge in [-0.3, -0.25) is 9.59 Å². The van der Waals surface area contributed by atoms with Crippen LogP contribution in [0.3, 0.4) is 0 Å². The summed E-state index contributed by atoms with van der Waals surface area (Å²) in [5, 5.41) is 2.77. The second-order valence-electron chi connectivity index (χ2n) is 4.85. The van der Waals surface area contributed by atoms with Crippen molar-refractivity contribution in [2.24, 2.45) is 0 Å². The maximum Gasteiger partial charge on any atom is 0.255 e. The molecule has 0 radical (unpaired) electrons. The molecule has 0 heterocycles. The summed E-state index contributed by atoms with van der Waals surface area (Å²) in [5.41, 5.74) is 7.92. The summed E-state index contributed by atoms with van der Waals surface area (Å²) in [5.74, 6) is -0.298. The van der Waals surface area contributed by atoms with Crippen molar-refractivity contribution in [2.75, 3.05) is 25.1 Å². The van der Waals surface area contributed by atoms with E-state index in [-0.39, 0.29) is 11.8 Å². The third-order valence-electron chi connectivity index (χ3n) is 2.97. The highest BCUT2D eigenvalue weighted by molar-refractivity contribution is 6.04. The molecule has 2 amide bonds. The Morgan fingerprint density at radius 3 is 1.95 bits per heavy atom. The number of carbonyl (C=O) groups excluding carboxylic acids is 2. The Hall–Kier alpha value is -2.82. The third kappa shape index (κ3) is 3.60. The number of amides is 2. The van der Waals surface area contributed by atoms with Crippen molar-refractivity contribution < 1.29 is 9.59 Å². The van der Waals surface area contributed by atoms with Crippen LogP contribution in [0.5, 0.6) is 0 Å². The Balaban J connectivity index is 2.08. The molecule has 108 valence electrons. The predicted molar refractivity (Wildman–Crippen MR) is 83.3 cm³/mol. The normalized spacial score (nSPS) is 10.0. The highest BCUT2D eigenvalue weighted by Gasteiger charge is 2.09. The van der Waals surface area contributed by atoms with Gasteiger partial charge in [0, 0.05) is 36.6 Å². The SMILES string of the molecule is CN(C)C(=O)c1ccc(NC(=O)c2ccc(N)cc2)cc1. The molecule has 0 fully saturated rings. The topological polar surface area (TPSA) is 75.4 Å². The second-order valence-corrected chi connectivity index (χ2v) is 4.85. The maximum absolute atomic E-state index is 12.0. The minimum atomic E-state index is -0.221. The van der Waals surface area contributed by atoms with E-state index in [1.165, 1.54) is 4.90 Å². The molecule has 0 spiro atoms. The smallest absolute Gasteiger partial charge is 0.255 e. The number of hydrogen-bond acceptors (Lipinski definition) is 3. The van der Waals surface area contributed by atoms with Gasteiger partial charge in [0.2, 0.25) is 0 Å². The van der Waals surface area contributed by atoms with Crippen LogP contribution in [0, 0.1) is 0 Å². The lowest BCUT2D eigenvalue weighted by atomic mass is 10.1. The molecule has 2 aromatic carbocycles. The van der Waals surface area contributed by atoms with Crippen molar-refractivity contribution in [3.63, 3.8) is 0 Å². The molecule has 0 aliphatic carbocycles. The Labute approximate surface area is 123 Å². The molecule has 0 saturated carbocycles. The van der Waals surface area contributed by atoms with E-state index in [0.717, 1.165) is 0 Å². The van der Waals surface area contributed by atoms with Gasteiger partial charge < -0.3 is 16.0 Å². The molecule has 0 atom stereocenters. The lowest BCUT2D eigenvalue weighted by Crippen LogP contribution is -2.21. The third-order valence-corrected chi connectivity index (χ3v) is 2.97. The Kier molecular flexibility index (Phi) is 4.23. The number of carbonyl (C=O) groups is 2. The molecule has 0 saturated heterocycles. The zero-order chi connectivity index (χ0) is 15.4. The Bertz CT molecular complexity index is 646. The molecular weight excluding hydrogens is 266 g/mol. The van der Waals surface area contributed by atoms with Crippen LogP contribution >= 0.6 is 0 Å². The first-order chi connectivity index (χ1) is 9.97. The van der Waals surface area contributed by atoms with E-state index >= 15 is 0 Å². The zero-order valence-corrected chi connectivity index (χ0v) is 12.0. The molecule has 0 aromatic heterocycles. The number of hydrogen-bond donors (Lipinski definition) is 2. The molecule has 3 N–H and O–H groups in total. The number of anilines is 2. The number of benzene rings is 2. The summed E-state index contributed by atoms with van der Waals surface area (Å²) < 4.78 is 0. The van der Waals surface area contributed by atoms with Crippen molar-refractivity contribution in [1.29, 1.82) is 0 Å². The van der Waals surface area contributed by atoms with Gasteiger partial charge in [-0.05, 0) is 48.5 Å². The fourth-order valence-corrected chi connectivity index (χ4v) is 1.79. The summed E-state index contributed by atoms with van der Waals surface area (Å²) in [7, 11) is 3.39. The monoisotopic (exact) mass is 283 g/mol. The summed E-state index contributed by atoms with van der Waals surface area (Å²) >= 11 is 0. The van der Waals surface area contributed by atoms with Crippen molar-refractivity contribution in [3.8, 4) is 0 Å². The molecule has 21 heavy (non-hydrogen) atoms. The number of nitrogens with two attached hydrogens (primary N) is 1. The summed E-state index contributed by atoms with van der Waals surface area (Å²) in [6, 6.07) is 13.4. The number of rotatable bonds is 3. The minimum Gasteiger partial charge on any atom is -0.399 e. The van der Waals surface area contributed by atoms with Crippen LogP contribution in [0.15, 0.2) is 48.5 Å². The first-order valence-electron chi connectivity index (χ1n) is 6.46. The van der Waals surface area contributed by atoms with Crippen LogP contribution in [0.1, 0.15) is 20.7 Å². The van der Waals surface area contributed by atoms with Crippen molar-refractivity contribution >= 4 is 23.2 Å². The molecule has 0 unspecified atom stereocenters. The summed E-state index contributed by atoms with van der Waals surface area (Å²) in [4.78, 5) is 25.3. The van der Waals surface area contributed by atoms with E-state index in [9.17, 15) is 9.59 Å². The van der Waals surface area contributed by atoms with Crippen molar-refractivity contribution in [1.82, 2.24) is 4.90 Å². The highest BCUT2D eigenvalue weighted by Crippen LogP contribution is 2.13. The Morgan fingerprint density at radius 2 is 1.43 bits per heavy atom. The molecule has 5 nitrogen and oxygen atoms in total. The largest absolute Gasteiger partial charge is 0.399 e. The molecule has 0 aliphatic heterocycles. The molecule has 0 aliphatic rings. The standard InChI is InChI=1S/C16H17N3O2/c1-19(2)16(21)12-5-9-14(10-6-12)18-15(20)11-3-7-13(17)8-4-11/h3-10H,17H2,1-2H3,(H,18,20). The first kappa shape index (κ1) is 14.6. The summed E-state index contributed by atoms with van der Waals surface area (Å²) in [6.45, 7) is 0. The predicted octanol–water partition coefficient (Wildman–Crippen LogP) is 2.22. The van der Waals surface area contributed by atoms with Crippen LogP contribution in [-0.2, 0) is 0 Å². The van der Waals surface area contributed by atoms with E-state index in [1.54, 1.807) is 62.6 Å². The molecule has 2 rings (SSSR count). The maximum atomic E-state index is 12.0. The van der Waals surface area contributed by atoms with Crippen LogP contribution in [0.4, 0.5) is 11.4 Å². The number of nitrogens with one attached hydrogen (secondary N) is 1. The molecule has 5 heteroatoms. The van der Waals surface area contributed by atoms with Gasteiger partial charge in [-0.1, -0.05) is 0 Å². The average molecular weight is 283 g/mol. The van der Waals surface area contributed by atoms with Crippen LogP contribution in [-0.4, -0.2) is 30.8 Å². The highest BCUT2D eigenvalue weighted by atomic mass is 16.2. The fourth-order valence-electron chi connectivity index (χ4n) is 1.79. The average Bonchev–Trinajstić information content (AvgIpc) is 2.47. The minimum absolute atomic E-state index is 0.0774. The van der Waals surface area contributed by atoms with E-state index in [4.69, 9.17) is 5.73 Å². The van der Waals surface area contributed by atoms with Crippen LogP contribution in [0.2, 0.25) is 0 Å². The van der Waals surface area contributed by atoms with E-state index < -0.39 is 0 Å². The van der Waals surface area contributed by atoms with Gasteiger partial charge in [0.1, 0.15) is 0 Å². The van der Waals surface area contributed by atoms with Gasteiger partial charge >= 0.3 is 0 Å². The van der Waals surface area contributed by atoms with Crippen LogP contribution in [0.25, 0.3) is 0 Å². The van der Waals surface area contributed by atoms with Gasteiger partial charge in [0.25, 0.3) is 11.8 Å². The lowest BCUT2D eigenvalue weighted by molar-refractivity contribution is 0.0827. The van der Waals surface area contributed by atoms with E-state index in [2.05, 4.69) is 5.32 Å². The van der Waals surface area contributed by atoms with Crippen LogP contribution < -0.4 is 11.1 Å². The Morgan fingerprint density at radius 1 is 0.905 bits per heavy atom. The number of nitrogens with zero attached hydrogens (tertiary/aromatic N) is 1. The molecular formula is C16H17N3O2.